The molecule has 8 heteroatoms. The van der Waals surface area contributed by atoms with Crippen LogP contribution in [-0.4, -0.2) is 38.4 Å². The number of likely N-dealkylation sites (tertiary alicyclic amines) is 1. The summed E-state index contributed by atoms with van der Waals surface area (Å²) in [5, 5.41) is 11.1. The van der Waals surface area contributed by atoms with Crippen molar-refractivity contribution in [1.29, 1.82) is 0 Å². The van der Waals surface area contributed by atoms with Gasteiger partial charge in [0.2, 0.25) is 11.8 Å². The summed E-state index contributed by atoms with van der Waals surface area (Å²) in [6, 6.07) is 20.6. The van der Waals surface area contributed by atoms with Crippen LogP contribution in [0, 0.1) is 22.0 Å². The number of nitro benzene ring substituents is 1. The van der Waals surface area contributed by atoms with Crippen molar-refractivity contribution in [1.82, 2.24) is 9.80 Å². The van der Waals surface area contributed by atoms with Gasteiger partial charge in [-0.05, 0) is 41.8 Å². The van der Waals surface area contributed by atoms with E-state index in [-0.39, 0.29) is 28.8 Å². The highest BCUT2D eigenvalue weighted by Gasteiger charge is 2.64. The largest absolute Gasteiger partial charge is 0.358 e. The van der Waals surface area contributed by atoms with E-state index in [4.69, 9.17) is 0 Å². The molecule has 37 heavy (non-hydrogen) atoms. The average molecular weight is 494 g/mol. The lowest BCUT2D eigenvalue weighted by atomic mass is 9.83. The van der Waals surface area contributed by atoms with Crippen molar-refractivity contribution in [3.63, 3.8) is 0 Å². The van der Waals surface area contributed by atoms with Gasteiger partial charge in [-0.3, -0.25) is 29.4 Å². The van der Waals surface area contributed by atoms with E-state index in [9.17, 15) is 24.5 Å². The fourth-order valence-electron chi connectivity index (χ4n) is 6.06. The highest BCUT2D eigenvalue weighted by molar-refractivity contribution is 6.12. The van der Waals surface area contributed by atoms with E-state index in [1.807, 2.05) is 72.5 Å². The van der Waals surface area contributed by atoms with Crippen LogP contribution in [0.5, 0.6) is 0 Å². The van der Waals surface area contributed by atoms with Crippen molar-refractivity contribution >= 4 is 29.4 Å². The molecule has 6 rings (SSSR count). The van der Waals surface area contributed by atoms with Crippen molar-refractivity contribution in [2.24, 2.45) is 11.8 Å². The van der Waals surface area contributed by atoms with E-state index in [0.717, 1.165) is 16.7 Å². The van der Waals surface area contributed by atoms with Crippen LogP contribution >= 0.6 is 0 Å². The first-order valence-electron chi connectivity index (χ1n) is 12.1. The average Bonchev–Trinajstić information content (AvgIpc) is 3.40. The number of hydrogen-bond donors (Lipinski definition) is 0. The van der Waals surface area contributed by atoms with Crippen LogP contribution in [-0.2, 0) is 9.59 Å². The first kappa shape index (κ1) is 22.8. The summed E-state index contributed by atoms with van der Waals surface area (Å²) in [5.41, 5.74) is 2.82. The lowest BCUT2D eigenvalue weighted by Gasteiger charge is -2.36. The lowest BCUT2D eigenvalue weighted by molar-refractivity contribution is -0.384. The maximum Gasteiger partial charge on any atom is 0.269 e. The normalized spacial score (nSPS) is 24.5. The minimum Gasteiger partial charge on any atom is -0.358 e. The van der Waals surface area contributed by atoms with Crippen LogP contribution in [0.1, 0.15) is 46.1 Å². The van der Waals surface area contributed by atoms with E-state index in [1.54, 1.807) is 6.20 Å². The summed E-state index contributed by atoms with van der Waals surface area (Å²) >= 11 is 0. The number of rotatable bonds is 5. The number of fused-ring (bicyclic) bond motifs is 5. The Morgan fingerprint density at radius 3 is 2.24 bits per heavy atom. The van der Waals surface area contributed by atoms with Gasteiger partial charge in [0.1, 0.15) is 6.04 Å². The van der Waals surface area contributed by atoms with Gasteiger partial charge in [0.25, 0.3) is 5.69 Å². The first-order valence-corrected chi connectivity index (χ1v) is 12.1. The molecule has 0 N–H and O–H groups in total. The zero-order valence-corrected chi connectivity index (χ0v) is 19.9. The first-order chi connectivity index (χ1) is 17.9. The topological polar surface area (TPSA) is 101 Å². The SMILES string of the molecule is CC(c1ccccc1)N1C(=O)C2C(C1=O)C1c3ccccc3C=CN1C2C(=O)c1ccc([N+](=O)[O-])cc1. The number of benzene rings is 3. The highest BCUT2D eigenvalue weighted by atomic mass is 16.6. The zero-order valence-electron chi connectivity index (χ0n) is 19.9. The third-order valence-electron chi connectivity index (χ3n) is 7.80. The molecule has 3 aromatic rings. The van der Waals surface area contributed by atoms with Gasteiger partial charge in [-0.2, -0.15) is 0 Å². The van der Waals surface area contributed by atoms with Crippen LogP contribution in [0.25, 0.3) is 6.08 Å². The van der Waals surface area contributed by atoms with Crippen LogP contribution in [0.15, 0.2) is 85.1 Å². The quantitative estimate of drug-likeness (QED) is 0.224. The van der Waals surface area contributed by atoms with Crippen molar-refractivity contribution < 1.29 is 19.3 Å². The molecule has 8 nitrogen and oxygen atoms in total. The monoisotopic (exact) mass is 493 g/mol. The van der Waals surface area contributed by atoms with Crippen LogP contribution in [0.2, 0.25) is 0 Å². The van der Waals surface area contributed by atoms with E-state index >= 15 is 0 Å². The summed E-state index contributed by atoms with van der Waals surface area (Å²) < 4.78 is 0. The molecule has 3 heterocycles. The second-order valence-electron chi connectivity index (χ2n) is 9.63. The molecule has 0 spiro atoms. The zero-order chi connectivity index (χ0) is 25.8. The number of Topliss-reactive ketones (excluding diaryl/α,β-unsaturated/α-hetero) is 1. The maximum absolute atomic E-state index is 14.0. The fraction of sp³-hybridized carbons (Fsp3) is 0.207. The van der Waals surface area contributed by atoms with E-state index in [1.165, 1.54) is 29.2 Å². The van der Waals surface area contributed by atoms with E-state index < -0.39 is 34.9 Å². The Bertz CT molecular complexity index is 1470. The Hall–Kier alpha value is -4.59. The molecule has 5 atom stereocenters. The molecule has 0 aromatic heterocycles. The molecule has 0 radical (unpaired) electrons. The summed E-state index contributed by atoms with van der Waals surface area (Å²) in [6.45, 7) is 1.83. The van der Waals surface area contributed by atoms with Gasteiger partial charge in [-0.1, -0.05) is 54.6 Å². The molecule has 2 saturated heterocycles. The molecule has 3 aromatic carbocycles. The molecule has 184 valence electrons. The number of carbonyl (C=O) groups excluding carboxylic acids is 3. The van der Waals surface area contributed by atoms with Gasteiger partial charge in [0.15, 0.2) is 5.78 Å². The number of amides is 2. The highest BCUT2D eigenvalue weighted by Crippen LogP contribution is 2.54. The molecule has 0 aliphatic carbocycles. The number of nitrogens with zero attached hydrogens (tertiary/aromatic N) is 3. The van der Waals surface area contributed by atoms with E-state index in [0.29, 0.717) is 0 Å². The van der Waals surface area contributed by atoms with Gasteiger partial charge in [0, 0.05) is 23.9 Å². The summed E-state index contributed by atoms with van der Waals surface area (Å²) in [5.74, 6) is -2.59. The number of hydrogen-bond acceptors (Lipinski definition) is 6. The maximum atomic E-state index is 14.0. The second-order valence-corrected chi connectivity index (χ2v) is 9.63. The third-order valence-corrected chi connectivity index (χ3v) is 7.80. The number of ketones is 1. The van der Waals surface area contributed by atoms with Crippen LogP contribution in [0.4, 0.5) is 5.69 Å². The minimum atomic E-state index is -0.912. The fourth-order valence-corrected chi connectivity index (χ4v) is 6.06. The minimum absolute atomic E-state index is 0.125. The summed E-state index contributed by atoms with van der Waals surface area (Å²) in [4.78, 5) is 55.6. The Balaban J connectivity index is 1.45. The third kappa shape index (κ3) is 3.40. The molecular weight excluding hydrogens is 470 g/mol. The molecule has 3 aliphatic rings. The van der Waals surface area contributed by atoms with Crippen LogP contribution in [0.3, 0.4) is 0 Å². The standard InChI is InChI=1S/C29H23N3O5/c1-17(18-7-3-2-4-8-18)31-28(34)23-24(29(31)35)26(27(33)20-11-13-21(14-12-20)32(36)37)30-16-15-19-9-5-6-10-22(19)25(23)30/h2-17,23-26H,1H3. The van der Waals surface area contributed by atoms with Crippen LogP contribution < -0.4 is 0 Å². The number of carbonyl (C=O) groups is 3. The van der Waals surface area contributed by atoms with Crippen molar-refractivity contribution in [2.75, 3.05) is 0 Å². The molecule has 0 bridgehead atoms. The van der Waals surface area contributed by atoms with Gasteiger partial charge >= 0.3 is 0 Å². The van der Waals surface area contributed by atoms with E-state index in [2.05, 4.69) is 0 Å². The van der Waals surface area contributed by atoms with Gasteiger partial charge < -0.3 is 4.90 Å². The molecule has 3 aliphatic heterocycles. The molecule has 5 unspecified atom stereocenters. The number of nitro groups is 1. The predicted molar refractivity (Wildman–Crippen MR) is 135 cm³/mol. The van der Waals surface area contributed by atoms with Gasteiger partial charge in [-0.15, -0.1) is 0 Å². The van der Waals surface area contributed by atoms with Gasteiger partial charge in [0.05, 0.1) is 28.8 Å². The number of non-ortho nitro benzene ring substituents is 1. The molecular formula is C29H23N3O5. The Kier molecular flexibility index (Phi) is 5.26. The van der Waals surface area contributed by atoms with Crippen molar-refractivity contribution in [3.05, 3.63) is 117 Å². The number of imide groups is 1. The van der Waals surface area contributed by atoms with Crippen molar-refractivity contribution in [2.45, 2.75) is 25.0 Å². The lowest BCUT2D eigenvalue weighted by Crippen LogP contribution is -2.44. The van der Waals surface area contributed by atoms with Gasteiger partial charge in [-0.25, -0.2) is 0 Å². The summed E-state index contributed by atoms with van der Waals surface area (Å²) in [7, 11) is 0. The predicted octanol–water partition coefficient (Wildman–Crippen LogP) is 4.55. The smallest absolute Gasteiger partial charge is 0.269 e. The molecule has 2 fully saturated rings. The summed E-state index contributed by atoms with van der Waals surface area (Å²) in [6.07, 6.45) is 3.69. The second kappa shape index (κ2) is 8.51. The molecule has 0 saturated carbocycles. The Morgan fingerprint density at radius 1 is 0.892 bits per heavy atom. The van der Waals surface area contributed by atoms with Crippen molar-refractivity contribution in [3.8, 4) is 0 Å². The Morgan fingerprint density at radius 2 is 1.54 bits per heavy atom. The Labute approximate surface area is 213 Å². The molecule has 2 amide bonds.